The number of nitrogens with one attached hydrogen (secondary N) is 1. The zero-order chi connectivity index (χ0) is 47.5. The van der Waals surface area contributed by atoms with Gasteiger partial charge < -0.3 is 56.0 Å². The Morgan fingerprint density at radius 2 is 1.60 bits per heavy atom. The summed E-state index contributed by atoms with van der Waals surface area (Å²) in [4.78, 5) is 87.5. The maximum atomic E-state index is 12.7. The number of anilines is 4. The number of nitrogen functional groups attached to an aromatic ring is 2. The van der Waals surface area contributed by atoms with Crippen molar-refractivity contribution < 1.29 is 62.6 Å². The number of ether oxygens (including phenoxy) is 6. The highest BCUT2D eigenvalue weighted by molar-refractivity contribution is 5.91. The molecule has 3 amide bonds. The number of fused-ring (bicyclic) bond motifs is 4. The molecule has 0 radical (unpaired) electrons. The fourth-order valence-corrected chi connectivity index (χ4v) is 5.48. The second-order valence-electron chi connectivity index (χ2n) is 13.0. The molecule has 0 fully saturated rings. The summed E-state index contributed by atoms with van der Waals surface area (Å²) in [5.74, 6) is -2.61. The standard InChI is InChI=1S/C19H24N6O8.C19H22N6O7.3CH4/c1-2-31-19(28)24(10-12-5-3-6-13(9-12)33-11-14(26)27)17-15(25(29)30)16(21)22-18(23-17)32-8-4-7-20;1-2-30-19(27)24-10-12-5-3-6-13(9-12)32-11-14(26)21-7-4-8-31-18-22-16(20)15(25(28)29)17(24)23-18;;;/h3,5-6,9H,2,4,7-8,10-11,20H2,1H3,(H,26,27)(H2,21,22,23);3,5-6,9H,2,4,7-8,10-11H2,1H3,(H,21,26)(H2,20,22,23);3*1H4. The van der Waals surface area contributed by atoms with E-state index in [9.17, 15) is 39.4 Å². The summed E-state index contributed by atoms with van der Waals surface area (Å²) in [6.45, 7) is 2.91. The van der Waals surface area contributed by atoms with Crippen LogP contribution in [0.5, 0.6) is 23.5 Å². The first kappa shape index (κ1) is 57.7. The van der Waals surface area contributed by atoms with Crippen LogP contribution < -0.4 is 51.3 Å². The molecule has 68 heavy (non-hydrogen) atoms. The Kier molecular flexibility index (Phi) is 24.2. The van der Waals surface area contributed by atoms with Gasteiger partial charge in [0.2, 0.25) is 23.3 Å². The summed E-state index contributed by atoms with van der Waals surface area (Å²) < 4.78 is 31.6. The van der Waals surface area contributed by atoms with Crippen molar-refractivity contribution in [2.45, 2.75) is 62.1 Å². The van der Waals surface area contributed by atoms with Gasteiger partial charge in [0.25, 0.3) is 5.91 Å². The van der Waals surface area contributed by atoms with Gasteiger partial charge in [0.15, 0.2) is 13.2 Å². The topological polar surface area (TPSA) is 378 Å². The van der Waals surface area contributed by atoms with E-state index in [1.807, 2.05) is 0 Å². The number of aromatic nitrogens is 4. The number of rotatable bonds is 14. The maximum absolute atomic E-state index is 12.7. The first-order valence-electron chi connectivity index (χ1n) is 19.6. The summed E-state index contributed by atoms with van der Waals surface area (Å²) in [7, 11) is 0. The van der Waals surface area contributed by atoms with Crippen molar-refractivity contribution in [3.05, 3.63) is 79.9 Å². The summed E-state index contributed by atoms with van der Waals surface area (Å²) in [5.41, 5.74) is 16.6. The normalized spacial score (nSPS) is 11.9. The molecular formula is C41H58N12O15. The number of carboxylic acid groups (broad SMARTS) is 1. The quantitative estimate of drug-likeness (QED) is 0.0653. The molecule has 372 valence electrons. The number of carbonyl (C=O) groups excluding carboxylic acids is 3. The lowest BCUT2D eigenvalue weighted by Crippen LogP contribution is -2.33. The van der Waals surface area contributed by atoms with Crippen LogP contribution >= 0.6 is 0 Å². The molecule has 0 saturated carbocycles. The van der Waals surface area contributed by atoms with E-state index in [0.717, 1.165) is 9.80 Å². The van der Waals surface area contributed by atoms with E-state index in [1.165, 1.54) is 12.1 Å². The molecular weight excluding hydrogens is 901 g/mol. The number of aliphatic carboxylic acids is 1. The molecule has 27 heteroatoms. The zero-order valence-electron chi connectivity index (χ0n) is 35.1. The van der Waals surface area contributed by atoms with Crippen molar-refractivity contribution in [1.29, 1.82) is 0 Å². The number of benzene rings is 2. The first-order valence-corrected chi connectivity index (χ1v) is 19.6. The van der Waals surface area contributed by atoms with E-state index >= 15 is 0 Å². The number of hydrogen-bond acceptors (Lipinski definition) is 21. The second-order valence-corrected chi connectivity index (χ2v) is 13.0. The Bertz CT molecular complexity index is 2340. The lowest BCUT2D eigenvalue weighted by molar-refractivity contribution is -0.383. The summed E-state index contributed by atoms with van der Waals surface area (Å²) in [6.07, 6.45) is -0.923. The van der Waals surface area contributed by atoms with E-state index in [0.29, 0.717) is 42.8 Å². The van der Waals surface area contributed by atoms with E-state index in [1.54, 1.807) is 50.2 Å². The third-order valence-corrected chi connectivity index (χ3v) is 8.26. The Hall–Kier alpha value is -8.36. The molecule has 4 bridgehead atoms. The number of hydrogen-bond donors (Lipinski definition) is 5. The van der Waals surface area contributed by atoms with Crippen LogP contribution in [0.15, 0.2) is 48.5 Å². The molecule has 2 aromatic heterocycles. The molecule has 0 atom stereocenters. The Morgan fingerprint density at radius 1 is 0.912 bits per heavy atom. The van der Waals surface area contributed by atoms with Gasteiger partial charge in [-0.2, -0.15) is 19.9 Å². The van der Waals surface area contributed by atoms with Gasteiger partial charge in [-0.15, -0.1) is 0 Å². The number of nitrogens with zero attached hydrogens (tertiary/aromatic N) is 8. The van der Waals surface area contributed by atoms with Crippen LogP contribution in [-0.4, -0.2) is 112 Å². The van der Waals surface area contributed by atoms with E-state index in [2.05, 4.69) is 25.3 Å². The minimum absolute atomic E-state index is 0. The van der Waals surface area contributed by atoms with Gasteiger partial charge in [0.05, 0.1) is 49.4 Å². The monoisotopic (exact) mass is 958 g/mol. The lowest BCUT2D eigenvalue weighted by Gasteiger charge is -2.22. The summed E-state index contributed by atoms with van der Waals surface area (Å²) >= 11 is 0. The lowest BCUT2D eigenvalue weighted by atomic mass is 10.2. The van der Waals surface area contributed by atoms with Crippen LogP contribution in [0.4, 0.5) is 44.2 Å². The molecule has 0 spiro atoms. The number of nitro groups is 2. The van der Waals surface area contributed by atoms with Crippen LogP contribution in [0.1, 0.15) is 60.1 Å². The van der Waals surface area contributed by atoms with Gasteiger partial charge in [-0.1, -0.05) is 46.5 Å². The van der Waals surface area contributed by atoms with Crippen LogP contribution in [0, 0.1) is 20.2 Å². The Balaban J connectivity index is 0.000000651. The smallest absolute Gasteiger partial charge is 0.415 e. The predicted molar refractivity (Wildman–Crippen MR) is 247 cm³/mol. The molecule has 8 N–H and O–H groups in total. The van der Waals surface area contributed by atoms with Crippen molar-refractivity contribution >= 4 is 58.7 Å². The highest BCUT2D eigenvalue weighted by Gasteiger charge is 2.34. The van der Waals surface area contributed by atoms with Crippen molar-refractivity contribution in [1.82, 2.24) is 25.3 Å². The molecule has 0 saturated heterocycles. The molecule has 3 heterocycles. The van der Waals surface area contributed by atoms with Crippen LogP contribution in [0.3, 0.4) is 0 Å². The largest absolute Gasteiger partial charge is 0.484 e. The van der Waals surface area contributed by atoms with Gasteiger partial charge in [-0.25, -0.2) is 14.4 Å². The summed E-state index contributed by atoms with van der Waals surface area (Å²) in [6, 6.07) is 12.2. The molecule has 1 aliphatic rings. The molecule has 2 aromatic carbocycles. The van der Waals surface area contributed by atoms with Gasteiger partial charge in [0, 0.05) is 6.54 Å². The van der Waals surface area contributed by atoms with Crippen molar-refractivity contribution in [3.63, 3.8) is 0 Å². The SMILES string of the molecule is C.C.C.CCOC(=O)N(Cc1cccc(OCC(=O)O)c1)c1nc(OCCCN)nc(N)c1[N+](=O)[O-].CCOC(=O)N1Cc2cccc(c2)OCC(=O)NCCCOc2nc(N)c([N+](=O)[O-])c1n2. The average molecular weight is 959 g/mol. The minimum atomic E-state index is -1.16. The molecule has 0 unspecified atom stereocenters. The third-order valence-electron chi connectivity index (χ3n) is 8.26. The summed E-state index contributed by atoms with van der Waals surface area (Å²) in [5, 5.41) is 34.8. The second kappa shape index (κ2) is 28.5. The van der Waals surface area contributed by atoms with Gasteiger partial charge in [-0.3, -0.25) is 34.8 Å². The number of amides is 3. The molecule has 1 aliphatic heterocycles. The maximum Gasteiger partial charge on any atom is 0.415 e. The van der Waals surface area contributed by atoms with Gasteiger partial charge in [0.1, 0.15) is 11.5 Å². The number of nitrogens with two attached hydrogens (primary N) is 3. The predicted octanol–water partition coefficient (Wildman–Crippen LogP) is 4.64. The van der Waals surface area contributed by atoms with Crippen molar-refractivity contribution in [2.75, 3.05) is 74.0 Å². The van der Waals surface area contributed by atoms with Crippen LogP contribution in [0.2, 0.25) is 0 Å². The first-order chi connectivity index (χ1) is 31.1. The minimum Gasteiger partial charge on any atom is -0.484 e. The van der Waals surface area contributed by atoms with Gasteiger partial charge in [-0.05, 0) is 68.6 Å². The van der Waals surface area contributed by atoms with Crippen LogP contribution in [-0.2, 0) is 32.2 Å². The Morgan fingerprint density at radius 3 is 2.26 bits per heavy atom. The van der Waals surface area contributed by atoms with Gasteiger partial charge >= 0.3 is 41.6 Å². The number of carbonyl (C=O) groups is 4. The zero-order valence-corrected chi connectivity index (χ0v) is 35.1. The highest BCUT2D eigenvalue weighted by atomic mass is 16.6. The Labute approximate surface area is 391 Å². The van der Waals surface area contributed by atoms with Crippen LogP contribution in [0.25, 0.3) is 0 Å². The molecule has 4 aromatic rings. The fraction of sp³-hybridized carbons (Fsp3) is 0.415. The number of carboxylic acids is 1. The van der Waals surface area contributed by atoms with E-state index < -0.39 is 63.4 Å². The fourth-order valence-electron chi connectivity index (χ4n) is 5.48. The molecule has 27 nitrogen and oxygen atoms in total. The average Bonchev–Trinajstić information content (AvgIpc) is 3.25. The van der Waals surface area contributed by atoms with Crippen molar-refractivity contribution in [3.8, 4) is 23.5 Å². The highest BCUT2D eigenvalue weighted by Crippen LogP contribution is 2.36. The van der Waals surface area contributed by atoms with Crippen molar-refractivity contribution in [2.24, 2.45) is 5.73 Å². The van der Waals surface area contributed by atoms with E-state index in [-0.39, 0.29) is 97.9 Å². The third kappa shape index (κ3) is 16.9. The molecule has 0 aliphatic carbocycles. The molecule has 5 rings (SSSR count). The van der Waals surface area contributed by atoms with E-state index in [4.69, 9.17) is 50.7 Å².